The first-order chi connectivity index (χ1) is 11.2. The van der Waals surface area contributed by atoms with E-state index in [4.69, 9.17) is 4.74 Å². The van der Waals surface area contributed by atoms with E-state index in [2.05, 4.69) is 72.8 Å². The second kappa shape index (κ2) is 11.5. The summed E-state index contributed by atoms with van der Waals surface area (Å²) < 4.78 is 5.62. The highest BCUT2D eigenvalue weighted by Crippen LogP contribution is 2.10. The van der Waals surface area contributed by atoms with Gasteiger partial charge in [-0.05, 0) is 44.7 Å². The van der Waals surface area contributed by atoms with Gasteiger partial charge >= 0.3 is 0 Å². The van der Waals surface area contributed by atoms with Crippen molar-refractivity contribution >= 4 is 29.9 Å². The highest BCUT2D eigenvalue weighted by molar-refractivity contribution is 14.0. The van der Waals surface area contributed by atoms with E-state index in [1.165, 1.54) is 11.1 Å². The fourth-order valence-corrected chi connectivity index (χ4v) is 2.42. The predicted molar refractivity (Wildman–Crippen MR) is 112 cm³/mol. The number of nitrogens with one attached hydrogen (secondary N) is 2. The highest BCUT2D eigenvalue weighted by Gasteiger charge is 2.11. The summed E-state index contributed by atoms with van der Waals surface area (Å²) in [6.45, 7) is 8.42. The molecule has 24 heavy (non-hydrogen) atoms. The van der Waals surface area contributed by atoms with Gasteiger partial charge in [-0.1, -0.05) is 36.4 Å². The molecule has 0 atom stereocenters. The molecule has 0 bridgehead atoms. The molecular formula is C19H30IN3O. The van der Waals surface area contributed by atoms with Crippen LogP contribution in [0.15, 0.2) is 41.4 Å². The minimum absolute atomic E-state index is 0. The number of hydrogen-bond acceptors (Lipinski definition) is 2. The first kappa shape index (κ1) is 21.0. The Labute approximate surface area is 163 Å². The smallest absolute Gasteiger partial charge is 0.191 e. The lowest BCUT2D eigenvalue weighted by atomic mass is 10.1. The normalized spacial score (nSPS) is 14.8. The van der Waals surface area contributed by atoms with Crippen LogP contribution in [0.4, 0.5) is 0 Å². The van der Waals surface area contributed by atoms with Crippen molar-refractivity contribution in [1.82, 2.24) is 10.6 Å². The van der Waals surface area contributed by atoms with Crippen molar-refractivity contribution in [3.8, 4) is 0 Å². The van der Waals surface area contributed by atoms with Gasteiger partial charge in [0.2, 0.25) is 0 Å². The standard InChI is InChI=1S/C19H29N3O.HI/c1-4-20-19(22-18-7-5-6-8-18)21-13-16-9-11-17(12-10-16)14-23-15(2)3;/h5-6,9-12,15,18H,4,7-8,13-14H2,1-3H3,(H2,20,21,22);1H. The van der Waals surface area contributed by atoms with E-state index in [9.17, 15) is 0 Å². The predicted octanol–water partition coefficient (Wildman–Crippen LogP) is 4.00. The molecule has 0 aliphatic heterocycles. The second-order valence-electron chi connectivity index (χ2n) is 6.16. The minimum Gasteiger partial charge on any atom is -0.374 e. The summed E-state index contributed by atoms with van der Waals surface area (Å²) in [5.74, 6) is 0.897. The number of rotatable bonds is 7. The third-order valence-corrected chi connectivity index (χ3v) is 3.72. The van der Waals surface area contributed by atoms with E-state index in [-0.39, 0.29) is 30.1 Å². The van der Waals surface area contributed by atoms with E-state index in [1.807, 2.05) is 0 Å². The van der Waals surface area contributed by atoms with Crippen molar-refractivity contribution in [2.75, 3.05) is 6.54 Å². The molecule has 0 amide bonds. The van der Waals surface area contributed by atoms with Crippen LogP contribution in [-0.2, 0) is 17.9 Å². The van der Waals surface area contributed by atoms with Crippen LogP contribution in [0, 0.1) is 0 Å². The van der Waals surface area contributed by atoms with E-state index in [0.717, 1.165) is 25.3 Å². The Morgan fingerprint density at radius 3 is 2.38 bits per heavy atom. The summed E-state index contributed by atoms with van der Waals surface area (Å²) in [5, 5.41) is 6.80. The van der Waals surface area contributed by atoms with E-state index in [0.29, 0.717) is 19.2 Å². The van der Waals surface area contributed by atoms with Gasteiger partial charge < -0.3 is 15.4 Å². The Bertz CT molecular complexity index is 518. The summed E-state index contributed by atoms with van der Waals surface area (Å²) in [6, 6.07) is 8.97. The number of aliphatic imine (C=N–C) groups is 1. The fraction of sp³-hybridized carbons (Fsp3) is 0.526. The summed E-state index contributed by atoms with van der Waals surface area (Å²) in [6.07, 6.45) is 6.86. The zero-order chi connectivity index (χ0) is 16.5. The third kappa shape index (κ3) is 7.66. The van der Waals surface area contributed by atoms with Crippen molar-refractivity contribution in [3.05, 3.63) is 47.5 Å². The van der Waals surface area contributed by atoms with Crippen LogP contribution in [-0.4, -0.2) is 24.7 Å². The van der Waals surface area contributed by atoms with Crippen molar-refractivity contribution in [2.45, 2.75) is 58.9 Å². The number of guanidine groups is 1. The highest BCUT2D eigenvalue weighted by atomic mass is 127. The molecule has 0 saturated carbocycles. The van der Waals surface area contributed by atoms with Gasteiger partial charge in [0.25, 0.3) is 0 Å². The molecule has 5 heteroatoms. The first-order valence-corrected chi connectivity index (χ1v) is 8.56. The van der Waals surface area contributed by atoms with Crippen molar-refractivity contribution < 1.29 is 4.74 Å². The number of nitrogens with zero attached hydrogens (tertiary/aromatic N) is 1. The zero-order valence-corrected chi connectivity index (χ0v) is 17.2. The average Bonchev–Trinajstić information content (AvgIpc) is 3.05. The van der Waals surface area contributed by atoms with Crippen molar-refractivity contribution in [3.63, 3.8) is 0 Å². The molecule has 1 aromatic rings. The monoisotopic (exact) mass is 443 g/mol. The molecule has 1 aromatic carbocycles. The Balaban J connectivity index is 0.00000288. The largest absolute Gasteiger partial charge is 0.374 e. The molecule has 4 nitrogen and oxygen atoms in total. The SMILES string of the molecule is CCNC(=NCc1ccc(COC(C)C)cc1)NC1CC=CC1.I. The summed E-state index contributed by atoms with van der Waals surface area (Å²) >= 11 is 0. The zero-order valence-electron chi connectivity index (χ0n) is 14.9. The molecule has 2 rings (SSSR count). The van der Waals surface area contributed by atoms with Gasteiger partial charge in [0, 0.05) is 12.6 Å². The van der Waals surface area contributed by atoms with Crippen LogP contribution in [0.25, 0.3) is 0 Å². The quantitative estimate of drug-likeness (QED) is 0.290. The van der Waals surface area contributed by atoms with Crippen LogP contribution < -0.4 is 10.6 Å². The number of benzene rings is 1. The molecule has 0 spiro atoms. The Hall–Kier alpha value is -1.08. The lowest BCUT2D eigenvalue weighted by molar-refractivity contribution is 0.0657. The summed E-state index contributed by atoms with van der Waals surface area (Å²) in [5.41, 5.74) is 2.41. The third-order valence-electron chi connectivity index (χ3n) is 3.72. The molecular weight excluding hydrogens is 413 g/mol. The van der Waals surface area contributed by atoms with Crippen LogP contribution in [0.5, 0.6) is 0 Å². The van der Waals surface area contributed by atoms with Crippen molar-refractivity contribution in [1.29, 1.82) is 0 Å². The van der Waals surface area contributed by atoms with E-state index < -0.39 is 0 Å². The van der Waals surface area contributed by atoms with Gasteiger partial charge in [-0.15, -0.1) is 24.0 Å². The molecule has 0 unspecified atom stereocenters. The molecule has 1 aliphatic carbocycles. The summed E-state index contributed by atoms with van der Waals surface area (Å²) in [7, 11) is 0. The van der Waals surface area contributed by atoms with Crippen LogP contribution >= 0.6 is 24.0 Å². The van der Waals surface area contributed by atoms with E-state index >= 15 is 0 Å². The second-order valence-corrected chi connectivity index (χ2v) is 6.16. The first-order valence-electron chi connectivity index (χ1n) is 8.56. The van der Waals surface area contributed by atoms with Crippen molar-refractivity contribution in [2.24, 2.45) is 4.99 Å². The maximum atomic E-state index is 5.62. The topological polar surface area (TPSA) is 45.7 Å². The number of ether oxygens (including phenoxy) is 1. The Morgan fingerprint density at radius 1 is 1.17 bits per heavy atom. The lowest BCUT2D eigenvalue weighted by Gasteiger charge is -2.16. The lowest BCUT2D eigenvalue weighted by Crippen LogP contribution is -2.42. The van der Waals surface area contributed by atoms with Gasteiger partial charge in [-0.25, -0.2) is 4.99 Å². The molecule has 1 aliphatic rings. The number of hydrogen-bond donors (Lipinski definition) is 2. The minimum atomic E-state index is 0. The maximum absolute atomic E-state index is 5.62. The van der Waals surface area contributed by atoms with Gasteiger partial charge in [-0.3, -0.25) is 0 Å². The van der Waals surface area contributed by atoms with Crippen LogP contribution in [0.3, 0.4) is 0 Å². The van der Waals surface area contributed by atoms with Gasteiger partial charge in [-0.2, -0.15) is 0 Å². The molecule has 0 fully saturated rings. The fourth-order valence-electron chi connectivity index (χ4n) is 2.42. The van der Waals surface area contributed by atoms with Gasteiger partial charge in [0.15, 0.2) is 5.96 Å². The van der Waals surface area contributed by atoms with Crippen LogP contribution in [0.2, 0.25) is 0 Å². The molecule has 0 saturated heterocycles. The average molecular weight is 443 g/mol. The number of halogens is 1. The van der Waals surface area contributed by atoms with Gasteiger partial charge in [0.1, 0.15) is 0 Å². The Kier molecular flexibility index (Phi) is 10.0. The molecule has 0 heterocycles. The molecule has 0 aromatic heterocycles. The van der Waals surface area contributed by atoms with Gasteiger partial charge in [0.05, 0.1) is 19.3 Å². The van der Waals surface area contributed by atoms with E-state index in [1.54, 1.807) is 0 Å². The van der Waals surface area contributed by atoms with Crippen LogP contribution in [0.1, 0.15) is 44.7 Å². The Morgan fingerprint density at radius 2 is 1.79 bits per heavy atom. The molecule has 2 N–H and O–H groups in total. The summed E-state index contributed by atoms with van der Waals surface area (Å²) in [4.78, 5) is 4.69. The molecule has 0 radical (unpaired) electrons. The molecule has 134 valence electrons. The maximum Gasteiger partial charge on any atom is 0.191 e.